The average Bonchev–Trinajstić information content (AvgIpc) is 3.17. The lowest BCUT2D eigenvalue weighted by Crippen LogP contribution is -2.19. The molecule has 0 aliphatic heterocycles. The van der Waals surface area contributed by atoms with Crippen molar-refractivity contribution in [1.29, 1.82) is 0 Å². The summed E-state index contributed by atoms with van der Waals surface area (Å²) in [6, 6.07) is 12.7. The van der Waals surface area contributed by atoms with Crippen LogP contribution in [-0.2, 0) is 5.41 Å². The minimum absolute atomic E-state index is 0.0473. The molecule has 116 valence electrons. The van der Waals surface area contributed by atoms with Gasteiger partial charge in [0.15, 0.2) is 0 Å². The molecule has 1 aromatic heterocycles. The number of benzene rings is 1. The van der Waals surface area contributed by atoms with Gasteiger partial charge >= 0.3 is 0 Å². The first-order valence-corrected chi connectivity index (χ1v) is 9.24. The van der Waals surface area contributed by atoms with E-state index in [1.54, 1.807) is 11.3 Å². The fourth-order valence-corrected chi connectivity index (χ4v) is 3.98. The number of hydrogen-bond donors (Lipinski definition) is 0. The van der Waals surface area contributed by atoms with Crippen molar-refractivity contribution >= 4 is 22.9 Å². The van der Waals surface area contributed by atoms with E-state index in [1.165, 1.54) is 31.2 Å². The van der Waals surface area contributed by atoms with E-state index in [1.807, 2.05) is 26.8 Å². The summed E-state index contributed by atoms with van der Waals surface area (Å²) in [5.41, 5.74) is 1.41. The summed E-state index contributed by atoms with van der Waals surface area (Å²) in [6.45, 7) is 6.04. The third kappa shape index (κ3) is 3.75. The molecule has 0 radical (unpaired) electrons. The highest BCUT2D eigenvalue weighted by molar-refractivity contribution is 7.13. The highest BCUT2D eigenvalue weighted by Crippen LogP contribution is 2.40. The Morgan fingerprint density at radius 3 is 2.27 bits per heavy atom. The lowest BCUT2D eigenvalue weighted by Gasteiger charge is -2.23. The maximum atomic E-state index is 6.12. The molecule has 0 nitrogen and oxygen atoms in total. The van der Waals surface area contributed by atoms with Crippen LogP contribution < -0.4 is 0 Å². The van der Waals surface area contributed by atoms with Crippen molar-refractivity contribution in [3.63, 3.8) is 0 Å². The Morgan fingerprint density at radius 1 is 1.09 bits per heavy atom. The van der Waals surface area contributed by atoms with Gasteiger partial charge in [0, 0.05) is 4.88 Å². The van der Waals surface area contributed by atoms with E-state index in [9.17, 15) is 0 Å². The van der Waals surface area contributed by atoms with Crippen molar-refractivity contribution < 1.29 is 0 Å². The molecule has 0 spiro atoms. The lowest BCUT2D eigenvalue weighted by molar-refractivity contribution is 0.581. The predicted molar refractivity (Wildman–Crippen MR) is 98.9 cm³/mol. The van der Waals surface area contributed by atoms with Gasteiger partial charge < -0.3 is 0 Å². The van der Waals surface area contributed by atoms with Crippen LogP contribution in [-0.4, -0.2) is 0 Å². The van der Waals surface area contributed by atoms with Crippen molar-refractivity contribution in [2.45, 2.75) is 51.9 Å². The molecule has 22 heavy (non-hydrogen) atoms. The Kier molecular flexibility index (Phi) is 6.12. The van der Waals surface area contributed by atoms with Crippen LogP contribution in [0.3, 0.4) is 0 Å². The summed E-state index contributed by atoms with van der Waals surface area (Å²) in [5.74, 6) is 6.94. The first-order valence-electron chi connectivity index (χ1n) is 8.04. The van der Waals surface area contributed by atoms with Crippen LogP contribution >= 0.6 is 22.9 Å². The average molecular weight is 331 g/mol. The molecular weight excluding hydrogens is 308 g/mol. The number of thiophene rings is 1. The van der Waals surface area contributed by atoms with E-state index in [0.717, 1.165) is 14.8 Å². The Balaban J connectivity index is 0.000000847. The van der Waals surface area contributed by atoms with Gasteiger partial charge in [-0.25, -0.2) is 0 Å². The van der Waals surface area contributed by atoms with E-state index in [0.29, 0.717) is 0 Å². The summed E-state index contributed by atoms with van der Waals surface area (Å²) in [6.07, 6.45) is 4.88. The second-order valence-electron chi connectivity index (χ2n) is 5.42. The Labute approximate surface area is 143 Å². The molecule has 2 heteroatoms. The number of halogens is 1. The van der Waals surface area contributed by atoms with Gasteiger partial charge in [-0.3, -0.25) is 0 Å². The fourth-order valence-electron chi connectivity index (χ4n) is 2.92. The highest BCUT2D eigenvalue weighted by atomic mass is 35.5. The predicted octanol–water partition coefficient (Wildman–Crippen LogP) is 6.60. The zero-order valence-electron chi connectivity index (χ0n) is 13.6. The molecule has 3 rings (SSSR count). The van der Waals surface area contributed by atoms with Crippen molar-refractivity contribution in [2.75, 3.05) is 0 Å². The SMILES string of the molecule is CC.Cc1sc(C#CC2(c3ccccc3)CCCC2)cc1Cl. The van der Waals surface area contributed by atoms with Gasteiger partial charge in [0.05, 0.1) is 15.3 Å². The largest absolute Gasteiger partial charge is 0.130 e. The van der Waals surface area contributed by atoms with Crippen LogP contribution in [0.1, 0.15) is 54.8 Å². The van der Waals surface area contributed by atoms with Crippen LogP contribution in [0.15, 0.2) is 36.4 Å². The van der Waals surface area contributed by atoms with Crippen molar-refractivity contribution in [2.24, 2.45) is 0 Å². The van der Waals surface area contributed by atoms with E-state index in [2.05, 4.69) is 42.2 Å². The second kappa shape index (κ2) is 7.86. The third-order valence-corrected chi connectivity index (χ3v) is 5.54. The van der Waals surface area contributed by atoms with Crippen LogP contribution in [0.2, 0.25) is 5.02 Å². The smallest absolute Gasteiger partial charge is 0.0786 e. The molecule has 0 atom stereocenters. The molecule has 1 saturated carbocycles. The van der Waals surface area contributed by atoms with E-state index in [4.69, 9.17) is 11.6 Å². The number of rotatable bonds is 1. The van der Waals surface area contributed by atoms with Gasteiger partial charge in [0.2, 0.25) is 0 Å². The van der Waals surface area contributed by atoms with Gasteiger partial charge in [-0.15, -0.1) is 11.3 Å². The van der Waals surface area contributed by atoms with Gasteiger partial charge in [-0.05, 0) is 31.4 Å². The van der Waals surface area contributed by atoms with E-state index < -0.39 is 0 Å². The molecule has 0 unspecified atom stereocenters. The van der Waals surface area contributed by atoms with Gasteiger partial charge in [-0.1, -0.05) is 80.5 Å². The Hall–Kier alpha value is -1.23. The first kappa shape index (κ1) is 17.1. The summed E-state index contributed by atoms with van der Waals surface area (Å²) in [5, 5.41) is 0.833. The summed E-state index contributed by atoms with van der Waals surface area (Å²) >= 11 is 7.81. The van der Waals surface area contributed by atoms with Crippen LogP contribution in [0, 0.1) is 18.8 Å². The maximum absolute atomic E-state index is 6.12. The summed E-state index contributed by atoms with van der Waals surface area (Å²) in [7, 11) is 0. The summed E-state index contributed by atoms with van der Waals surface area (Å²) in [4.78, 5) is 2.23. The van der Waals surface area contributed by atoms with Gasteiger partial charge in [-0.2, -0.15) is 0 Å². The minimum Gasteiger partial charge on any atom is -0.130 e. The van der Waals surface area contributed by atoms with E-state index >= 15 is 0 Å². The Morgan fingerprint density at radius 2 is 1.73 bits per heavy atom. The molecule has 0 bridgehead atoms. The molecule has 1 heterocycles. The topological polar surface area (TPSA) is 0 Å². The minimum atomic E-state index is 0.0473. The zero-order chi connectivity index (χ0) is 16.0. The summed E-state index contributed by atoms with van der Waals surface area (Å²) < 4.78 is 0. The number of hydrogen-bond acceptors (Lipinski definition) is 1. The van der Waals surface area contributed by atoms with Crippen molar-refractivity contribution in [1.82, 2.24) is 0 Å². The molecule has 0 N–H and O–H groups in total. The fraction of sp³-hybridized carbons (Fsp3) is 0.400. The first-order chi connectivity index (χ1) is 10.7. The normalized spacial score (nSPS) is 15.5. The monoisotopic (exact) mass is 330 g/mol. The standard InChI is InChI=1S/C18H17ClS.C2H6/c1-14-17(19)13-16(20-14)9-12-18(10-5-6-11-18)15-7-3-2-4-8-15;1-2/h2-4,7-8,13H,5-6,10-11H2,1H3;1-2H3. The molecule has 1 fully saturated rings. The van der Waals surface area contributed by atoms with Gasteiger partial charge in [0.25, 0.3) is 0 Å². The zero-order valence-corrected chi connectivity index (χ0v) is 15.2. The highest BCUT2D eigenvalue weighted by Gasteiger charge is 2.33. The molecule has 0 amide bonds. The third-order valence-electron chi connectivity index (χ3n) is 4.07. The van der Waals surface area contributed by atoms with Crippen LogP contribution in [0.4, 0.5) is 0 Å². The molecule has 1 aliphatic rings. The molecule has 0 saturated heterocycles. The maximum Gasteiger partial charge on any atom is 0.0786 e. The second-order valence-corrected chi connectivity index (χ2v) is 7.08. The van der Waals surface area contributed by atoms with Crippen LogP contribution in [0.5, 0.6) is 0 Å². The molecule has 1 aromatic carbocycles. The number of aryl methyl sites for hydroxylation is 1. The van der Waals surface area contributed by atoms with E-state index in [-0.39, 0.29) is 5.41 Å². The molecular formula is C20H23ClS. The quantitative estimate of drug-likeness (QED) is 0.517. The van der Waals surface area contributed by atoms with Gasteiger partial charge in [0.1, 0.15) is 0 Å². The van der Waals surface area contributed by atoms with Crippen LogP contribution in [0.25, 0.3) is 0 Å². The van der Waals surface area contributed by atoms with Crippen molar-refractivity contribution in [3.05, 3.63) is 56.7 Å². The molecule has 2 aromatic rings. The molecule has 1 aliphatic carbocycles. The van der Waals surface area contributed by atoms with Crippen molar-refractivity contribution in [3.8, 4) is 11.8 Å². The Bertz CT molecular complexity index is 633. The lowest BCUT2D eigenvalue weighted by atomic mass is 9.79.